The van der Waals surface area contributed by atoms with Crippen LogP contribution in [0, 0.1) is 11.3 Å². The van der Waals surface area contributed by atoms with Gasteiger partial charge in [0.25, 0.3) is 5.91 Å². The number of carbonyl (C=O) groups is 2. The number of nitriles is 1. The summed E-state index contributed by atoms with van der Waals surface area (Å²) in [4.78, 5) is 24.7. The fraction of sp³-hybridized carbons (Fsp3) is 0.167. The van der Waals surface area contributed by atoms with Crippen LogP contribution < -0.4 is 5.32 Å². The van der Waals surface area contributed by atoms with Crippen molar-refractivity contribution in [1.29, 1.82) is 5.26 Å². The van der Waals surface area contributed by atoms with E-state index in [0.717, 1.165) is 4.90 Å². The molecule has 2 aromatic carbocycles. The highest BCUT2D eigenvalue weighted by atomic mass is 32.2. The molecule has 0 spiro atoms. The number of esters is 1. The molecule has 24 heavy (non-hydrogen) atoms. The monoisotopic (exact) mass is 340 g/mol. The summed E-state index contributed by atoms with van der Waals surface area (Å²) >= 11 is 1.37. The number of ether oxygens (including phenoxy) is 1. The Hall–Kier alpha value is -2.78. The van der Waals surface area contributed by atoms with E-state index in [4.69, 9.17) is 10.00 Å². The Morgan fingerprint density at radius 1 is 1.21 bits per heavy atom. The molecule has 0 aromatic heterocycles. The normalized spacial score (nSPS) is 11.2. The van der Waals surface area contributed by atoms with Crippen molar-refractivity contribution in [1.82, 2.24) is 0 Å². The Labute approximate surface area is 144 Å². The van der Waals surface area contributed by atoms with Gasteiger partial charge in [0.1, 0.15) is 5.25 Å². The highest BCUT2D eigenvalue weighted by molar-refractivity contribution is 8.00. The highest BCUT2D eigenvalue weighted by Gasteiger charge is 2.17. The van der Waals surface area contributed by atoms with Crippen LogP contribution in [0.4, 0.5) is 5.69 Å². The summed E-state index contributed by atoms with van der Waals surface area (Å²) in [5, 5.41) is 11.0. The lowest BCUT2D eigenvalue weighted by Crippen LogP contribution is -2.24. The summed E-state index contributed by atoms with van der Waals surface area (Å²) < 4.78 is 5.03. The number of hydrogen-bond acceptors (Lipinski definition) is 5. The zero-order valence-electron chi connectivity index (χ0n) is 13.1. The zero-order chi connectivity index (χ0) is 17.4. The molecule has 2 aromatic rings. The highest BCUT2D eigenvalue weighted by Crippen LogP contribution is 2.23. The van der Waals surface area contributed by atoms with E-state index >= 15 is 0 Å². The van der Waals surface area contributed by atoms with Crippen molar-refractivity contribution < 1.29 is 14.3 Å². The average Bonchev–Trinajstić information content (AvgIpc) is 2.60. The molecule has 0 unspecified atom stereocenters. The van der Waals surface area contributed by atoms with Crippen LogP contribution in [-0.2, 0) is 14.3 Å². The number of rotatable bonds is 6. The predicted molar refractivity (Wildman–Crippen MR) is 92.5 cm³/mol. The molecule has 2 rings (SSSR count). The molecule has 0 aliphatic heterocycles. The molecular formula is C18H16N2O3S. The second-order valence-electron chi connectivity index (χ2n) is 4.92. The first-order chi connectivity index (χ1) is 11.6. The first kappa shape index (κ1) is 17.6. The number of carbonyl (C=O) groups excluding carboxylic acids is 2. The predicted octanol–water partition coefficient (Wildman–Crippen LogP) is 3.22. The zero-order valence-corrected chi connectivity index (χ0v) is 13.9. The number of nitrogens with zero attached hydrogens (tertiary/aromatic N) is 1. The van der Waals surface area contributed by atoms with E-state index < -0.39 is 17.1 Å². The maximum Gasteiger partial charge on any atom is 0.319 e. The molecule has 0 heterocycles. The summed E-state index contributed by atoms with van der Waals surface area (Å²) in [6.07, 6.45) is 0. The van der Waals surface area contributed by atoms with Gasteiger partial charge >= 0.3 is 5.97 Å². The number of amides is 1. The Morgan fingerprint density at radius 2 is 1.96 bits per heavy atom. The Kier molecular flexibility index (Phi) is 6.41. The van der Waals surface area contributed by atoms with E-state index in [1.165, 1.54) is 11.8 Å². The molecule has 122 valence electrons. The van der Waals surface area contributed by atoms with Crippen molar-refractivity contribution in [3.8, 4) is 6.07 Å². The molecule has 0 bridgehead atoms. The van der Waals surface area contributed by atoms with Crippen LogP contribution in [-0.4, -0.2) is 23.7 Å². The van der Waals surface area contributed by atoms with E-state index in [1.54, 1.807) is 31.2 Å². The summed E-state index contributed by atoms with van der Waals surface area (Å²) in [6.45, 7) is 1.36. The first-order valence-corrected chi connectivity index (χ1v) is 8.15. The van der Waals surface area contributed by atoms with Gasteiger partial charge in [-0.1, -0.05) is 24.3 Å². The number of nitrogens with one attached hydrogen (secondary N) is 1. The minimum atomic E-state index is -0.454. The first-order valence-electron chi connectivity index (χ1n) is 7.27. The fourth-order valence-corrected chi connectivity index (χ4v) is 2.76. The molecule has 0 fully saturated rings. The molecule has 5 nitrogen and oxygen atoms in total. The van der Waals surface area contributed by atoms with Crippen molar-refractivity contribution in [3.63, 3.8) is 0 Å². The molecule has 6 heteroatoms. The van der Waals surface area contributed by atoms with E-state index in [2.05, 4.69) is 5.32 Å². The molecule has 0 aliphatic rings. The summed E-state index contributed by atoms with van der Waals surface area (Å²) in [6, 6.07) is 18.0. The van der Waals surface area contributed by atoms with Gasteiger partial charge in [0.05, 0.1) is 11.6 Å². The second kappa shape index (κ2) is 8.75. The number of hydrogen-bond donors (Lipinski definition) is 1. The molecule has 0 aliphatic carbocycles. The lowest BCUT2D eigenvalue weighted by molar-refractivity contribution is -0.146. The summed E-state index contributed by atoms with van der Waals surface area (Å²) in [5.41, 5.74) is 0.930. The van der Waals surface area contributed by atoms with Crippen molar-refractivity contribution in [2.45, 2.75) is 17.1 Å². The quantitative estimate of drug-likeness (QED) is 0.645. The van der Waals surface area contributed by atoms with Gasteiger partial charge in [0.15, 0.2) is 6.61 Å². The Bertz CT molecular complexity index is 756. The molecule has 1 atom stereocenters. The van der Waals surface area contributed by atoms with E-state index in [9.17, 15) is 9.59 Å². The standard InChI is InChI=1S/C18H16N2O3S/c1-13(24-16-8-3-2-4-9-16)18(22)23-12-17(21)20-15-7-5-6-14(10-15)11-19/h2-10,13H,12H2,1H3,(H,20,21)/t13-/m1/s1. The van der Waals surface area contributed by atoms with Crippen molar-refractivity contribution in [3.05, 3.63) is 60.2 Å². The average molecular weight is 340 g/mol. The van der Waals surface area contributed by atoms with Crippen LogP contribution in [0.25, 0.3) is 0 Å². The fourth-order valence-electron chi connectivity index (χ4n) is 1.87. The van der Waals surface area contributed by atoms with Crippen LogP contribution >= 0.6 is 11.8 Å². The van der Waals surface area contributed by atoms with Gasteiger partial charge in [-0.15, -0.1) is 11.8 Å². The van der Waals surface area contributed by atoms with Gasteiger partial charge in [-0.25, -0.2) is 0 Å². The second-order valence-corrected chi connectivity index (χ2v) is 6.34. The topological polar surface area (TPSA) is 79.2 Å². The largest absolute Gasteiger partial charge is 0.455 e. The van der Waals surface area contributed by atoms with Crippen molar-refractivity contribution in [2.75, 3.05) is 11.9 Å². The van der Waals surface area contributed by atoms with Gasteiger partial charge in [0.2, 0.25) is 0 Å². The third-order valence-corrected chi connectivity index (χ3v) is 4.10. The van der Waals surface area contributed by atoms with Crippen LogP contribution in [0.5, 0.6) is 0 Å². The molecule has 1 amide bonds. The molecular weight excluding hydrogens is 324 g/mol. The van der Waals surface area contributed by atoms with Crippen molar-refractivity contribution in [2.24, 2.45) is 0 Å². The number of anilines is 1. The molecule has 0 radical (unpaired) electrons. The smallest absolute Gasteiger partial charge is 0.319 e. The van der Waals surface area contributed by atoms with Crippen LogP contribution in [0.3, 0.4) is 0 Å². The van der Waals surface area contributed by atoms with E-state index in [-0.39, 0.29) is 6.61 Å². The minimum Gasteiger partial charge on any atom is -0.455 e. The lowest BCUT2D eigenvalue weighted by Gasteiger charge is -2.11. The SMILES string of the molecule is C[C@@H](Sc1ccccc1)C(=O)OCC(=O)Nc1cccc(C#N)c1. The van der Waals surface area contributed by atoms with Crippen LogP contribution in [0.15, 0.2) is 59.5 Å². The third kappa shape index (κ3) is 5.45. The molecule has 0 saturated heterocycles. The molecule has 0 saturated carbocycles. The Morgan fingerprint density at radius 3 is 2.67 bits per heavy atom. The minimum absolute atomic E-state index is 0.366. The van der Waals surface area contributed by atoms with Gasteiger partial charge < -0.3 is 10.1 Å². The van der Waals surface area contributed by atoms with Crippen LogP contribution in [0.2, 0.25) is 0 Å². The van der Waals surface area contributed by atoms with E-state index in [1.807, 2.05) is 36.4 Å². The summed E-state index contributed by atoms with van der Waals surface area (Å²) in [7, 11) is 0. The van der Waals surface area contributed by atoms with Gasteiger partial charge in [-0.3, -0.25) is 9.59 Å². The maximum absolute atomic E-state index is 11.9. The van der Waals surface area contributed by atoms with Gasteiger partial charge in [-0.05, 0) is 37.3 Å². The van der Waals surface area contributed by atoms with Crippen LogP contribution in [0.1, 0.15) is 12.5 Å². The van der Waals surface area contributed by atoms with E-state index in [0.29, 0.717) is 11.3 Å². The lowest BCUT2D eigenvalue weighted by atomic mass is 10.2. The number of benzene rings is 2. The van der Waals surface area contributed by atoms with Gasteiger partial charge in [-0.2, -0.15) is 5.26 Å². The van der Waals surface area contributed by atoms with Crippen molar-refractivity contribution >= 4 is 29.3 Å². The Balaban J connectivity index is 1.80. The third-order valence-electron chi connectivity index (χ3n) is 3.01. The molecule has 1 N–H and O–H groups in total. The maximum atomic E-state index is 11.9. The number of thioether (sulfide) groups is 1. The summed E-state index contributed by atoms with van der Waals surface area (Å²) in [5.74, 6) is -0.903. The van der Waals surface area contributed by atoms with Gasteiger partial charge in [0, 0.05) is 10.6 Å².